The molecule has 0 aliphatic heterocycles. The lowest BCUT2D eigenvalue weighted by Crippen LogP contribution is -2.26. The van der Waals surface area contributed by atoms with Crippen LogP contribution in [-0.4, -0.2) is 13.1 Å². The standard InChI is InChI=1S/C14H29N.C2H6/c1-5-15-10-14-9-8-13(11(2)3)7-6-12(14)4;1-2/h11-15H,5-10H2,1-4H3;1-2H3. The Bertz CT molecular complexity index is 165. The zero-order valence-electron chi connectivity index (χ0n) is 13.1. The van der Waals surface area contributed by atoms with Crippen molar-refractivity contribution in [2.75, 3.05) is 13.1 Å². The summed E-state index contributed by atoms with van der Waals surface area (Å²) in [6.07, 6.45) is 5.80. The summed E-state index contributed by atoms with van der Waals surface area (Å²) in [6, 6.07) is 0. The summed E-state index contributed by atoms with van der Waals surface area (Å²) in [7, 11) is 0. The van der Waals surface area contributed by atoms with Crippen LogP contribution >= 0.6 is 0 Å². The molecule has 1 N–H and O–H groups in total. The molecule has 0 aromatic rings. The Kier molecular flexibility index (Phi) is 9.91. The quantitative estimate of drug-likeness (QED) is 0.702. The summed E-state index contributed by atoms with van der Waals surface area (Å²) in [6.45, 7) is 15.8. The predicted molar refractivity (Wildman–Crippen MR) is 79.3 cm³/mol. The van der Waals surface area contributed by atoms with Crippen molar-refractivity contribution in [2.45, 2.75) is 67.2 Å². The van der Waals surface area contributed by atoms with Crippen LogP contribution in [-0.2, 0) is 0 Å². The first-order valence-corrected chi connectivity index (χ1v) is 7.85. The second kappa shape index (κ2) is 9.94. The van der Waals surface area contributed by atoms with Gasteiger partial charge in [0.2, 0.25) is 0 Å². The number of nitrogens with one attached hydrogen (secondary N) is 1. The Morgan fingerprint density at radius 3 is 2.18 bits per heavy atom. The van der Waals surface area contributed by atoms with Crippen molar-refractivity contribution in [3.8, 4) is 0 Å². The van der Waals surface area contributed by atoms with Gasteiger partial charge in [0.25, 0.3) is 0 Å². The molecule has 0 radical (unpaired) electrons. The molecule has 0 bridgehead atoms. The van der Waals surface area contributed by atoms with Gasteiger partial charge in [-0.05, 0) is 56.0 Å². The molecule has 0 heterocycles. The highest BCUT2D eigenvalue weighted by Crippen LogP contribution is 2.34. The van der Waals surface area contributed by atoms with Gasteiger partial charge in [-0.15, -0.1) is 0 Å². The number of rotatable bonds is 4. The van der Waals surface area contributed by atoms with Gasteiger partial charge in [0.15, 0.2) is 0 Å². The van der Waals surface area contributed by atoms with E-state index in [9.17, 15) is 0 Å². The lowest BCUT2D eigenvalue weighted by molar-refractivity contribution is 0.323. The Balaban J connectivity index is 0.00000121. The first kappa shape index (κ1) is 17.0. The highest BCUT2D eigenvalue weighted by molar-refractivity contribution is 4.77. The fourth-order valence-corrected chi connectivity index (χ4v) is 2.87. The van der Waals surface area contributed by atoms with E-state index in [1.807, 2.05) is 13.8 Å². The Morgan fingerprint density at radius 2 is 1.65 bits per heavy atom. The lowest BCUT2D eigenvalue weighted by Gasteiger charge is -2.21. The number of hydrogen-bond acceptors (Lipinski definition) is 1. The normalized spacial score (nSPS) is 29.5. The summed E-state index contributed by atoms with van der Waals surface area (Å²) in [5, 5.41) is 3.52. The van der Waals surface area contributed by atoms with Gasteiger partial charge in [-0.1, -0.05) is 48.0 Å². The highest BCUT2D eigenvalue weighted by atomic mass is 14.8. The van der Waals surface area contributed by atoms with Gasteiger partial charge >= 0.3 is 0 Å². The average molecular weight is 241 g/mol. The molecule has 104 valence electrons. The molecule has 0 amide bonds. The van der Waals surface area contributed by atoms with Crippen molar-refractivity contribution in [3.05, 3.63) is 0 Å². The Morgan fingerprint density at radius 1 is 1.06 bits per heavy atom. The number of hydrogen-bond donors (Lipinski definition) is 1. The molecule has 1 aliphatic rings. The summed E-state index contributed by atoms with van der Waals surface area (Å²) in [5.74, 6) is 3.72. The second-order valence-electron chi connectivity index (χ2n) is 5.70. The van der Waals surface area contributed by atoms with Crippen LogP contribution in [0.1, 0.15) is 67.2 Å². The molecule has 17 heavy (non-hydrogen) atoms. The molecule has 1 fully saturated rings. The van der Waals surface area contributed by atoms with Crippen molar-refractivity contribution >= 4 is 0 Å². The van der Waals surface area contributed by atoms with Gasteiger partial charge in [0, 0.05) is 0 Å². The Labute approximate surface area is 110 Å². The SMILES string of the molecule is CC.CCNCC1CCC(C(C)C)CCC1C. The molecule has 0 aromatic heterocycles. The molecular formula is C16H35N. The van der Waals surface area contributed by atoms with E-state index in [1.165, 1.54) is 32.2 Å². The summed E-state index contributed by atoms with van der Waals surface area (Å²) < 4.78 is 0. The van der Waals surface area contributed by atoms with E-state index in [4.69, 9.17) is 0 Å². The monoisotopic (exact) mass is 241 g/mol. The third kappa shape index (κ3) is 6.45. The van der Waals surface area contributed by atoms with Crippen LogP contribution in [0.5, 0.6) is 0 Å². The minimum Gasteiger partial charge on any atom is -0.317 e. The molecular weight excluding hydrogens is 206 g/mol. The largest absolute Gasteiger partial charge is 0.317 e. The smallest absolute Gasteiger partial charge is 0.00181 e. The van der Waals surface area contributed by atoms with Crippen LogP contribution < -0.4 is 5.32 Å². The molecule has 1 aliphatic carbocycles. The van der Waals surface area contributed by atoms with Crippen LogP contribution in [0.25, 0.3) is 0 Å². The van der Waals surface area contributed by atoms with E-state index < -0.39 is 0 Å². The first-order valence-electron chi connectivity index (χ1n) is 7.85. The molecule has 0 saturated heterocycles. The zero-order chi connectivity index (χ0) is 13.3. The van der Waals surface area contributed by atoms with Gasteiger partial charge in [-0.25, -0.2) is 0 Å². The van der Waals surface area contributed by atoms with E-state index in [0.717, 1.165) is 30.2 Å². The minimum absolute atomic E-state index is 0.884. The molecule has 1 heteroatoms. The molecule has 1 rings (SSSR count). The van der Waals surface area contributed by atoms with Crippen molar-refractivity contribution < 1.29 is 0 Å². The Hall–Kier alpha value is -0.0400. The van der Waals surface area contributed by atoms with Gasteiger partial charge in [-0.3, -0.25) is 0 Å². The van der Waals surface area contributed by atoms with Crippen LogP contribution in [0, 0.1) is 23.7 Å². The van der Waals surface area contributed by atoms with E-state index in [0.29, 0.717) is 0 Å². The van der Waals surface area contributed by atoms with Gasteiger partial charge in [0.1, 0.15) is 0 Å². The molecule has 0 aromatic carbocycles. The fourth-order valence-electron chi connectivity index (χ4n) is 2.87. The molecule has 3 atom stereocenters. The fraction of sp³-hybridized carbons (Fsp3) is 1.00. The molecule has 3 unspecified atom stereocenters. The first-order chi connectivity index (χ1) is 8.15. The predicted octanol–water partition coefficient (Wildman–Crippen LogP) is 4.72. The lowest BCUT2D eigenvalue weighted by atomic mass is 9.88. The summed E-state index contributed by atoms with van der Waals surface area (Å²) in [4.78, 5) is 0. The maximum Gasteiger partial charge on any atom is -0.00181 e. The van der Waals surface area contributed by atoms with Crippen molar-refractivity contribution in [2.24, 2.45) is 23.7 Å². The van der Waals surface area contributed by atoms with Crippen LogP contribution in [0.3, 0.4) is 0 Å². The van der Waals surface area contributed by atoms with Crippen LogP contribution in [0.15, 0.2) is 0 Å². The third-order valence-corrected chi connectivity index (χ3v) is 4.31. The topological polar surface area (TPSA) is 12.0 Å². The summed E-state index contributed by atoms with van der Waals surface area (Å²) >= 11 is 0. The maximum atomic E-state index is 3.52. The highest BCUT2D eigenvalue weighted by Gasteiger charge is 2.25. The van der Waals surface area contributed by atoms with E-state index in [2.05, 4.69) is 33.0 Å². The summed E-state index contributed by atoms with van der Waals surface area (Å²) in [5.41, 5.74) is 0. The molecule has 1 nitrogen and oxygen atoms in total. The second-order valence-corrected chi connectivity index (χ2v) is 5.70. The van der Waals surface area contributed by atoms with Crippen molar-refractivity contribution in [1.82, 2.24) is 5.32 Å². The zero-order valence-corrected chi connectivity index (χ0v) is 13.1. The van der Waals surface area contributed by atoms with Crippen molar-refractivity contribution in [1.29, 1.82) is 0 Å². The van der Waals surface area contributed by atoms with Gasteiger partial charge in [-0.2, -0.15) is 0 Å². The van der Waals surface area contributed by atoms with Crippen LogP contribution in [0.4, 0.5) is 0 Å². The van der Waals surface area contributed by atoms with Crippen molar-refractivity contribution in [3.63, 3.8) is 0 Å². The van der Waals surface area contributed by atoms with E-state index in [1.54, 1.807) is 0 Å². The van der Waals surface area contributed by atoms with E-state index >= 15 is 0 Å². The third-order valence-electron chi connectivity index (χ3n) is 4.31. The molecule has 1 saturated carbocycles. The van der Waals surface area contributed by atoms with E-state index in [-0.39, 0.29) is 0 Å². The average Bonchev–Trinajstić information content (AvgIpc) is 2.52. The minimum atomic E-state index is 0.884. The van der Waals surface area contributed by atoms with Gasteiger partial charge < -0.3 is 5.32 Å². The maximum absolute atomic E-state index is 3.52. The van der Waals surface area contributed by atoms with Crippen LogP contribution in [0.2, 0.25) is 0 Å². The molecule has 0 spiro atoms. The van der Waals surface area contributed by atoms with Gasteiger partial charge in [0.05, 0.1) is 0 Å².